The fraction of sp³-hybridized carbons (Fsp3) is 0.700. The van der Waals surface area contributed by atoms with Crippen molar-refractivity contribution in [3.63, 3.8) is 0 Å². The zero-order valence-corrected chi connectivity index (χ0v) is 9.65. The third-order valence-corrected chi connectivity index (χ3v) is 2.14. The second-order valence-electron chi connectivity index (χ2n) is 3.86. The predicted molar refractivity (Wildman–Crippen MR) is 55.4 cm³/mol. The highest BCUT2D eigenvalue weighted by molar-refractivity contribution is 5.82. The molecule has 1 rings (SSSR count). The van der Waals surface area contributed by atoms with Crippen LogP contribution in [0.1, 0.15) is 37.9 Å². The third-order valence-electron chi connectivity index (χ3n) is 2.14. The van der Waals surface area contributed by atoms with Crippen LogP contribution in [0.25, 0.3) is 0 Å². The molecule has 0 aromatic carbocycles. The topological polar surface area (TPSA) is 59.2 Å². The van der Waals surface area contributed by atoms with Gasteiger partial charge in [0.25, 0.3) is 0 Å². The van der Waals surface area contributed by atoms with E-state index in [-0.39, 0.29) is 11.7 Å². The number of ketones is 1. The molecule has 0 saturated heterocycles. The molecule has 1 heterocycles. The van der Waals surface area contributed by atoms with E-state index in [0.29, 0.717) is 24.7 Å². The van der Waals surface area contributed by atoms with Gasteiger partial charge in [-0.2, -0.15) is 4.98 Å². The van der Waals surface area contributed by atoms with Crippen molar-refractivity contribution in [2.24, 2.45) is 0 Å². The van der Waals surface area contributed by atoms with Crippen LogP contribution in [0.3, 0.4) is 0 Å². The average molecular weight is 211 g/mol. The Kier molecular flexibility index (Phi) is 3.96. The maximum atomic E-state index is 11.3. The zero-order valence-electron chi connectivity index (χ0n) is 9.65. The van der Waals surface area contributed by atoms with Crippen molar-refractivity contribution in [2.45, 2.75) is 32.7 Å². The molecule has 0 aliphatic heterocycles. The molecule has 0 spiro atoms. The van der Waals surface area contributed by atoms with Gasteiger partial charge in [0.1, 0.15) is 5.78 Å². The van der Waals surface area contributed by atoms with E-state index < -0.39 is 0 Å². The molecule has 0 aliphatic rings. The molecule has 0 saturated carbocycles. The molecule has 0 radical (unpaired) electrons. The number of hydrogen-bond acceptors (Lipinski definition) is 5. The quantitative estimate of drug-likeness (QED) is 0.732. The highest BCUT2D eigenvalue weighted by Gasteiger charge is 2.21. The molecule has 1 aromatic rings. The van der Waals surface area contributed by atoms with Gasteiger partial charge in [0.15, 0.2) is 5.82 Å². The van der Waals surface area contributed by atoms with Crippen LogP contribution >= 0.6 is 0 Å². The number of Topliss-reactive ketones (excluding diaryl/α,β-unsaturated/α-hetero) is 1. The predicted octanol–water partition coefficient (Wildman–Crippen LogP) is 1.21. The zero-order chi connectivity index (χ0) is 11.4. The highest BCUT2D eigenvalue weighted by atomic mass is 16.5. The summed E-state index contributed by atoms with van der Waals surface area (Å²) in [7, 11) is 3.86. The Labute approximate surface area is 89.5 Å². The number of carbonyl (C=O) groups excluding carboxylic acids is 1. The molecular formula is C10H17N3O2. The summed E-state index contributed by atoms with van der Waals surface area (Å²) in [5, 5.41) is 3.83. The van der Waals surface area contributed by atoms with Crippen LogP contribution in [0.2, 0.25) is 0 Å². The fourth-order valence-corrected chi connectivity index (χ4v) is 1.39. The Morgan fingerprint density at radius 2 is 2.20 bits per heavy atom. The lowest BCUT2D eigenvalue weighted by atomic mass is 10.0. The number of carbonyl (C=O) groups is 1. The minimum atomic E-state index is -0.256. The lowest BCUT2D eigenvalue weighted by Gasteiger charge is -2.04. The lowest BCUT2D eigenvalue weighted by Crippen LogP contribution is -2.12. The molecule has 5 nitrogen and oxygen atoms in total. The molecule has 15 heavy (non-hydrogen) atoms. The van der Waals surface area contributed by atoms with Crippen molar-refractivity contribution in [1.82, 2.24) is 15.0 Å². The van der Waals surface area contributed by atoms with Crippen LogP contribution in [0.4, 0.5) is 0 Å². The first-order valence-electron chi connectivity index (χ1n) is 5.02. The Hall–Kier alpha value is -1.23. The summed E-state index contributed by atoms with van der Waals surface area (Å²) in [5.41, 5.74) is 0. The van der Waals surface area contributed by atoms with Crippen LogP contribution in [-0.2, 0) is 11.3 Å². The van der Waals surface area contributed by atoms with E-state index in [2.05, 4.69) is 10.1 Å². The van der Waals surface area contributed by atoms with E-state index in [4.69, 9.17) is 4.52 Å². The highest BCUT2D eigenvalue weighted by Crippen LogP contribution is 2.18. The van der Waals surface area contributed by atoms with Gasteiger partial charge < -0.3 is 9.42 Å². The van der Waals surface area contributed by atoms with Gasteiger partial charge in [-0.3, -0.25) is 4.79 Å². The van der Waals surface area contributed by atoms with Gasteiger partial charge in [0.05, 0.1) is 12.5 Å². The Morgan fingerprint density at radius 3 is 2.67 bits per heavy atom. The second kappa shape index (κ2) is 5.02. The molecule has 0 N–H and O–H groups in total. The monoisotopic (exact) mass is 211 g/mol. The van der Waals surface area contributed by atoms with Crippen LogP contribution in [0.5, 0.6) is 0 Å². The summed E-state index contributed by atoms with van der Waals surface area (Å²) >= 11 is 0. The maximum Gasteiger partial charge on any atom is 0.237 e. The summed E-state index contributed by atoms with van der Waals surface area (Å²) in [6.45, 7) is 4.10. The van der Waals surface area contributed by atoms with Crippen molar-refractivity contribution in [2.75, 3.05) is 14.1 Å². The van der Waals surface area contributed by atoms with E-state index >= 15 is 0 Å². The maximum absolute atomic E-state index is 11.3. The molecule has 84 valence electrons. The van der Waals surface area contributed by atoms with Gasteiger partial charge in [-0.05, 0) is 27.4 Å². The summed E-state index contributed by atoms with van der Waals surface area (Å²) in [6, 6.07) is 0. The lowest BCUT2D eigenvalue weighted by molar-refractivity contribution is -0.119. The van der Waals surface area contributed by atoms with Crippen LogP contribution < -0.4 is 0 Å². The van der Waals surface area contributed by atoms with Gasteiger partial charge >= 0.3 is 0 Å². The van der Waals surface area contributed by atoms with Crippen molar-refractivity contribution in [1.29, 1.82) is 0 Å². The van der Waals surface area contributed by atoms with E-state index in [9.17, 15) is 4.79 Å². The smallest absolute Gasteiger partial charge is 0.237 e. The van der Waals surface area contributed by atoms with E-state index in [1.54, 1.807) is 6.92 Å². The average Bonchev–Trinajstić information content (AvgIpc) is 2.52. The second-order valence-corrected chi connectivity index (χ2v) is 3.86. The van der Waals surface area contributed by atoms with Crippen molar-refractivity contribution >= 4 is 5.78 Å². The molecule has 0 amide bonds. The normalized spacial score (nSPS) is 13.1. The van der Waals surface area contributed by atoms with Crippen LogP contribution in [-0.4, -0.2) is 34.9 Å². The fourth-order valence-electron chi connectivity index (χ4n) is 1.39. The first-order chi connectivity index (χ1) is 7.04. The number of nitrogens with zero attached hydrogens (tertiary/aromatic N) is 3. The first kappa shape index (κ1) is 11.8. The molecule has 0 fully saturated rings. The Bertz CT molecular complexity index is 333. The Morgan fingerprint density at radius 1 is 1.53 bits per heavy atom. The number of hydrogen-bond donors (Lipinski definition) is 0. The van der Waals surface area contributed by atoms with E-state index in [0.717, 1.165) is 0 Å². The molecular weight excluding hydrogens is 194 g/mol. The van der Waals surface area contributed by atoms with Gasteiger partial charge in [-0.25, -0.2) is 0 Å². The van der Waals surface area contributed by atoms with Gasteiger partial charge in [-0.15, -0.1) is 0 Å². The summed E-state index contributed by atoms with van der Waals surface area (Å²) in [6.07, 6.45) is 0.693. The van der Waals surface area contributed by atoms with Crippen molar-refractivity contribution in [3.05, 3.63) is 11.7 Å². The van der Waals surface area contributed by atoms with Gasteiger partial charge in [-0.1, -0.05) is 12.1 Å². The van der Waals surface area contributed by atoms with Crippen LogP contribution in [0, 0.1) is 0 Å². The first-order valence-corrected chi connectivity index (χ1v) is 5.02. The third kappa shape index (κ3) is 3.13. The standard InChI is InChI=1S/C10H17N3O2/c1-5-8(7(2)14)10-11-9(12-15-10)6-13(3)4/h8H,5-6H2,1-4H3. The molecule has 1 aromatic heterocycles. The largest absolute Gasteiger partial charge is 0.339 e. The Balaban J connectivity index is 2.78. The van der Waals surface area contributed by atoms with Gasteiger partial charge in [0, 0.05) is 0 Å². The molecule has 0 aliphatic carbocycles. The number of aromatic nitrogens is 2. The SMILES string of the molecule is CCC(C(C)=O)c1nc(CN(C)C)no1. The molecule has 0 bridgehead atoms. The summed E-state index contributed by atoms with van der Waals surface area (Å²) in [5.74, 6) is 0.863. The van der Waals surface area contributed by atoms with Crippen molar-refractivity contribution in [3.8, 4) is 0 Å². The minimum Gasteiger partial charge on any atom is -0.339 e. The van der Waals surface area contributed by atoms with Gasteiger partial charge in [0.2, 0.25) is 5.89 Å². The molecule has 1 unspecified atom stereocenters. The molecule has 1 atom stereocenters. The van der Waals surface area contributed by atoms with Crippen molar-refractivity contribution < 1.29 is 9.32 Å². The number of rotatable bonds is 5. The van der Waals surface area contributed by atoms with E-state index in [1.807, 2.05) is 25.9 Å². The minimum absolute atomic E-state index is 0.0672. The molecule has 5 heteroatoms. The van der Waals surface area contributed by atoms with E-state index in [1.165, 1.54) is 0 Å². The summed E-state index contributed by atoms with van der Waals surface area (Å²) < 4.78 is 5.07. The summed E-state index contributed by atoms with van der Waals surface area (Å²) in [4.78, 5) is 17.4. The van der Waals surface area contributed by atoms with Crippen LogP contribution in [0.15, 0.2) is 4.52 Å².